The fourth-order valence-corrected chi connectivity index (χ4v) is 3.62. The minimum atomic E-state index is -0.0665. The fourth-order valence-electron chi connectivity index (χ4n) is 3.62. The van der Waals surface area contributed by atoms with E-state index in [9.17, 15) is 10.2 Å². The molecular weight excluding hydrogens is 569 g/mol. The molecule has 2 aromatic heterocycles. The average Bonchev–Trinajstić information content (AvgIpc) is 2.77. The number of aliphatic imine (C=N–C) groups is 1. The Morgan fingerprint density at radius 1 is 0.806 bits per heavy atom. The summed E-state index contributed by atoms with van der Waals surface area (Å²) >= 11 is 0. The van der Waals surface area contributed by atoms with Crippen LogP contribution < -0.4 is 0 Å². The number of pyridine rings is 2. The van der Waals surface area contributed by atoms with Gasteiger partial charge in [-0.15, -0.1) is 0 Å². The van der Waals surface area contributed by atoms with Crippen LogP contribution >= 0.6 is 0 Å². The summed E-state index contributed by atoms with van der Waals surface area (Å²) in [6, 6.07) is 24.5. The summed E-state index contributed by atoms with van der Waals surface area (Å²) < 4.78 is 0. The molecule has 154 valence electrons. The second-order valence-electron chi connectivity index (χ2n) is 6.90. The summed E-state index contributed by atoms with van der Waals surface area (Å²) in [6.07, 6.45) is 3.21. The number of nitrogens with zero attached hydrogens (tertiary/aromatic N) is 3. The van der Waals surface area contributed by atoms with E-state index in [2.05, 4.69) is 9.98 Å². The third-order valence-corrected chi connectivity index (χ3v) is 5.00. The van der Waals surface area contributed by atoms with E-state index in [1.54, 1.807) is 30.6 Å². The molecule has 0 atom stereocenters. The van der Waals surface area contributed by atoms with Crippen LogP contribution in [0.1, 0.15) is 5.69 Å². The van der Waals surface area contributed by atoms with Crippen molar-refractivity contribution in [1.82, 2.24) is 9.97 Å². The van der Waals surface area contributed by atoms with Crippen molar-refractivity contribution < 1.29 is 31.3 Å². The molecule has 2 N–H and O–H groups in total. The van der Waals surface area contributed by atoms with Crippen molar-refractivity contribution >= 4 is 33.4 Å². The summed E-state index contributed by atoms with van der Waals surface area (Å²) in [5.41, 5.74) is 2.50. The van der Waals surface area contributed by atoms with E-state index < -0.39 is 0 Å². The van der Waals surface area contributed by atoms with Crippen molar-refractivity contribution in [1.29, 1.82) is 0 Å². The Morgan fingerprint density at radius 3 is 2.42 bits per heavy atom. The van der Waals surface area contributed by atoms with Gasteiger partial charge in [-0.05, 0) is 41.1 Å². The van der Waals surface area contributed by atoms with Gasteiger partial charge in [0.2, 0.25) is 5.88 Å². The molecule has 31 heavy (non-hydrogen) atoms. The summed E-state index contributed by atoms with van der Waals surface area (Å²) in [5.74, 6) is 0.121. The minimum absolute atomic E-state index is 0. The minimum Gasteiger partial charge on any atom is -0.507 e. The van der Waals surface area contributed by atoms with Gasteiger partial charge in [0.15, 0.2) is 0 Å². The van der Waals surface area contributed by atoms with Crippen molar-refractivity contribution in [3.63, 3.8) is 0 Å². The first-order valence-corrected chi connectivity index (χ1v) is 9.49. The monoisotopic (exact) mass is 586 g/mol. The Kier molecular flexibility index (Phi) is 5.79. The molecular formula is C25H17N3O2Pt. The van der Waals surface area contributed by atoms with Gasteiger partial charge in [0.1, 0.15) is 5.75 Å². The second-order valence-corrected chi connectivity index (χ2v) is 6.90. The maximum Gasteiger partial charge on any atom is 0.220 e. The van der Waals surface area contributed by atoms with Crippen LogP contribution in [0.2, 0.25) is 0 Å². The first-order valence-electron chi connectivity index (χ1n) is 9.49. The maximum absolute atomic E-state index is 10.3. The molecule has 5 nitrogen and oxygen atoms in total. The first-order chi connectivity index (χ1) is 14.7. The molecule has 3 aromatic carbocycles. The average molecular weight is 587 g/mol. The number of phenolic OH excluding ortho intramolecular Hbond substituents is 1. The van der Waals surface area contributed by atoms with Crippen molar-refractivity contribution in [2.45, 2.75) is 0 Å². The molecule has 5 rings (SSSR count). The van der Waals surface area contributed by atoms with E-state index in [4.69, 9.17) is 4.98 Å². The number of aromatic hydroxyl groups is 2. The third-order valence-electron chi connectivity index (χ3n) is 5.00. The SMILES string of the molecule is Oc1ncccc1-c1nc(C=Nc2cccc3cccc(O)c23)cc2ccccc12.[Pt]. The molecule has 0 fully saturated rings. The molecule has 0 aliphatic heterocycles. The number of phenols is 1. The summed E-state index contributed by atoms with van der Waals surface area (Å²) in [6.45, 7) is 0. The summed E-state index contributed by atoms with van der Waals surface area (Å²) in [4.78, 5) is 13.3. The molecule has 0 unspecified atom stereocenters. The molecule has 0 aliphatic carbocycles. The van der Waals surface area contributed by atoms with E-state index in [1.165, 1.54) is 0 Å². The Morgan fingerprint density at radius 2 is 1.58 bits per heavy atom. The van der Waals surface area contributed by atoms with Crippen LogP contribution in [-0.4, -0.2) is 26.4 Å². The van der Waals surface area contributed by atoms with Crippen molar-refractivity contribution in [3.8, 4) is 22.9 Å². The molecule has 0 spiro atoms. The van der Waals surface area contributed by atoms with E-state index in [-0.39, 0.29) is 32.7 Å². The standard InChI is InChI=1S/C25H17N3O2.Pt/c29-22-12-4-8-16-7-3-11-21(23(16)22)27-15-18-14-17-6-1-2-9-19(17)24(28-18)20-10-5-13-26-25(20)30;/h1-15,29H,(H,26,30);. The quantitative estimate of drug-likeness (QED) is 0.270. The molecule has 0 aliphatic rings. The zero-order valence-corrected chi connectivity index (χ0v) is 18.5. The van der Waals surface area contributed by atoms with Crippen LogP contribution in [0.3, 0.4) is 0 Å². The number of fused-ring (bicyclic) bond motifs is 2. The molecule has 6 heteroatoms. The Hall–Kier alpha value is -3.56. The van der Waals surface area contributed by atoms with Crippen molar-refractivity contribution in [3.05, 3.63) is 90.8 Å². The van der Waals surface area contributed by atoms with Gasteiger partial charge in [-0.2, -0.15) is 0 Å². The third kappa shape index (κ3) is 3.92. The molecule has 0 saturated heterocycles. The van der Waals surface area contributed by atoms with Gasteiger partial charge in [-0.25, -0.2) is 9.97 Å². The largest absolute Gasteiger partial charge is 0.507 e. The molecule has 5 aromatic rings. The molecule has 0 radical (unpaired) electrons. The zero-order chi connectivity index (χ0) is 20.5. The Bertz CT molecular complexity index is 1430. The van der Waals surface area contributed by atoms with Gasteiger partial charge in [0, 0.05) is 38.0 Å². The van der Waals surface area contributed by atoms with Crippen molar-refractivity contribution in [2.75, 3.05) is 0 Å². The Labute approximate surface area is 193 Å². The summed E-state index contributed by atoms with van der Waals surface area (Å²) in [5, 5.41) is 24.1. The smallest absolute Gasteiger partial charge is 0.220 e. The maximum atomic E-state index is 10.3. The number of hydrogen-bond acceptors (Lipinski definition) is 5. The van der Waals surface area contributed by atoms with Gasteiger partial charge in [-0.3, -0.25) is 4.99 Å². The molecule has 0 amide bonds. The summed E-state index contributed by atoms with van der Waals surface area (Å²) in [7, 11) is 0. The van der Waals surface area contributed by atoms with Crippen LogP contribution in [0.4, 0.5) is 5.69 Å². The zero-order valence-electron chi connectivity index (χ0n) is 16.2. The number of benzene rings is 3. The molecule has 0 saturated carbocycles. The van der Waals surface area contributed by atoms with Gasteiger partial charge in [0.25, 0.3) is 0 Å². The van der Waals surface area contributed by atoms with Crippen LogP contribution in [0, 0.1) is 0 Å². The van der Waals surface area contributed by atoms with Crippen LogP contribution in [0.15, 0.2) is 90.1 Å². The fraction of sp³-hybridized carbons (Fsp3) is 0. The van der Waals surface area contributed by atoms with Crippen LogP contribution in [0.5, 0.6) is 11.6 Å². The van der Waals surface area contributed by atoms with E-state index in [0.717, 1.165) is 16.2 Å². The van der Waals surface area contributed by atoms with Crippen molar-refractivity contribution in [2.24, 2.45) is 4.99 Å². The molecule has 2 heterocycles. The number of aromatic nitrogens is 2. The topological polar surface area (TPSA) is 78.6 Å². The van der Waals surface area contributed by atoms with E-state index >= 15 is 0 Å². The van der Waals surface area contributed by atoms with Gasteiger partial charge in [0.05, 0.1) is 28.9 Å². The predicted molar refractivity (Wildman–Crippen MR) is 120 cm³/mol. The first kappa shape index (κ1) is 20.7. The van der Waals surface area contributed by atoms with E-state index in [1.807, 2.05) is 60.7 Å². The van der Waals surface area contributed by atoms with Crippen LogP contribution in [-0.2, 0) is 21.1 Å². The van der Waals surface area contributed by atoms with Gasteiger partial charge in [-0.1, -0.05) is 48.5 Å². The number of rotatable bonds is 3. The molecule has 0 bridgehead atoms. The predicted octanol–water partition coefficient (Wildman–Crippen LogP) is 5.61. The van der Waals surface area contributed by atoms with Gasteiger partial charge < -0.3 is 10.2 Å². The Balaban J connectivity index is 0.00000231. The number of hydrogen-bond donors (Lipinski definition) is 2. The normalized spacial score (nSPS) is 11.1. The van der Waals surface area contributed by atoms with Crippen LogP contribution in [0.25, 0.3) is 32.8 Å². The van der Waals surface area contributed by atoms with E-state index in [0.29, 0.717) is 28.0 Å². The van der Waals surface area contributed by atoms with Gasteiger partial charge >= 0.3 is 0 Å². The second kappa shape index (κ2) is 8.66.